The Labute approximate surface area is 179 Å². The molecule has 0 saturated carbocycles. The van der Waals surface area contributed by atoms with Crippen molar-refractivity contribution in [3.63, 3.8) is 0 Å². The topological polar surface area (TPSA) is 48.1 Å². The molecular weight excluding hydrogens is 378 g/mol. The fourth-order valence-corrected chi connectivity index (χ4v) is 4.81. The molecule has 4 rings (SSSR count). The minimum atomic E-state index is 0.252. The van der Waals surface area contributed by atoms with Gasteiger partial charge in [-0.15, -0.1) is 0 Å². The summed E-state index contributed by atoms with van der Waals surface area (Å²) in [5, 5.41) is 0. The summed E-state index contributed by atoms with van der Waals surface area (Å²) < 4.78 is 13.6. The van der Waals surface area contributed by atoms with Crippen LogP contribution in [0.15, 0.2) is 30.3 Å². The van der Waals surface area contributed by atoms with Gasteiger partial charge >= 0.3 is 0 Å². The van der Waals surface area contributed by atoms with Gasteiger partial charge in [0.2, 0.25) is 5.78 Å². The number of para-hydroxylation sites is 2. The van der Waals surface area contributed by atoms with Gasteiger partial charge in [-0.05, 0) is 44.9 Å². The minimum absolute atomic E-state index is 0.252. The molecule has 6 nitrogen and oxygen atoms in total. The number of anilines is 1. The number of ketones is 1. The van der Waals surface area contributed by atoms with Crippen LogP contribution in [0.1, 0.15) is 34.6 Å². The second-order valence-electron chi connectivity index (χ2n) is 8.54. The van der Waals surface area contributed by atoms with Crippen molar-refractivity contribution in [1.29, 1.82) is 0 Å². The molecule has 3 heterocycles. The van der Waals surface area contributed by atoms with Gasteiger partial charge in [-0.1, -0.05) is 12.1 Å². The number of methoxy groups -OCH3 is 1. The summed E-state index contributed by atoms with van der Waals surface area (Å²) in [5.41, 5.74) is 4.26. The number of Topliss-reactive ketones (excluding diaryl/α,β-unsaturated/α-hetero) is 1. The summed E-state index contributed by atoms with van der Waals surface area (Å²) in [6.45, 7) is 10.2. The summed E-state index contributed by atoms with van der Waals surface area (Å²) in [6, 6.07) is 10.2. The number of nitrogens with zero attached hydrogens (tertiary/aromatic N) is 2. The predicted molar refractivity (Wildman–Crippen MR) is 118 cm³/mol. The first-order valence-corrected chi connectivity index (χ1v) is 11.1. The molecule has 6 heteroatoms. The fourth-order valence-electron chi connectivity index (χ4n) is 4.81. The van der Waals surface area contributed by atoms with Gasteiger partial charge < -0.3 is 23.8 Å². The average molecular weight is 413 g/mol. The summed E-state index contributed by atoms with van der Waals surface area (Å²) in [7, 11) is 1.72. The number of ether oxygens (including phenoxy) is 2. The van der Waals surface area contributed by atoms with Crippen LogP contribution in [0.4, 0.5) is 5.69 Å². The highest BCUT2D eigenvalue weighted by molar-refractivity contribution is 5.98. The molecular formula is C24H34N3O3+. The van der Waals surface area contributed by atoms with Crippen molar-refractivity contribution >= 4 is 11.5 Å². The van der Waals surface area contributed by atoms with E-state index in [2.05, 4.69) is 35.4 Å². The number of piperazine rings is 1. The van der Waals surface area contributed by atoms with E-state index in [4.69, 9.17) is 9.47 Å². The van der Waals surface area contributed by atoms with Gasteiger partial charge in [-0.3, -0.25) is 4.79 Å². The van der Waals surface area contributed by atoms with E-state index in [1.165, 1.54) is 4.90 Å². The Bertz CT molecular complexity index is 878. The van der Waals surface area contributed by atoms with Crippen LogP contribution < -0.4 is 14.5 Å². The van der Waals surface area contributed by atoms with E-state index in [1.807, 2.05) is 18.2 Å². The molecule has 2 aliphatic rings. The van der Waals surface area contributed by atoms with E-state index >= 15 is 0 Å². The molecule has 0 aliphatic carbocycles. The maximum absolute atomic E-state index is 13.1. The maximum atomic E-state index is 13.1. The van der Waals surface area contributed by atoms with E-state index < -0.39 is 0 Å². The van der Waals surface area contributed by atoms with Crippen LogP contribution >= 0.6 is 0 Å². The van der Waals surface area contributed by atoms with Gasteiger partial charge in [-0.25, -0.2) is 0 Å². The van der Waals surface area contributed by atoms with Crippen molar-refractivity contribution < 1.29 is 19.2 Å². The van der Waals surface area contributed by atoms with Gasteiger partial charge in [0.15, 0.2) is 0 Å². The number of aryl methyl sites for hydroxylation is 1. The van der Waals surface area contributed by atoms with Crippen LogP contribution in [0.2, 0.25) is 0 Å². The number of quaternary nitrogens is 1. The minimum Gasteiger partial charge on any atom is -0.495 e. The number of hydrogen-bond acceptors (Lipinski definition) is 4. The average Bonchev–Trinajstić information content (AvgIpc) is 3.38. The smallest absolute Gasteiger partial charge is 0.218 e. The molecule has 1 N–H and O–H groups in total. The van der Waals surface area contributed by atoms with Crippen LogP contribution in [0.5, 0.6) is 5.75 Å². The van der Waals surface area contributed by atoms with Gasteiger partial charge in [-0.2, -0.15) is 0 Å². The highest BCUT2D eigenvalue weighted by Crippen LogP contribution is 2.27. The van der Waals surface area contributed by atoms with Crippen molar-refractivity contribution in [2.24, 2.45) is 0 Å². The molecule has 0 spiro atoms. The Morgan fingerprint density at radius 2 is 2.00 bits per heavy atom. The monoisotopic (exact) mass is 412 g/mol. The van der Waals surface area contributed by atoms with Crippen molar-refractivity contribution in [3.05, 3.63) is 47.3 Å². The van der Waals surface area contributed by atoms with E-state index in [0.717, 1.165) is 80.6 Å². The second-order valence-corrected chi connectivity index (χ2v) is 8.54. The van der Waals surface area contributed by atoms with Crippen LogP contribution in [0.3, 0.4) is 0 Å². The third kappa shape index (κ3) is 4.40. The van der Waals surface area contributed by atoms with Crippen LogP contribution in [-0.4, -0.2) is 62.9 Å². The molecule has 0 bridgehead atoms. The first-order chi connectivity index (χ1) is 14.6. The summed E-state index contributed by atoms with van der Waals surface area (Å²) in [5.74, 6) is 1.16. The Balaban J connectivity index is 1.36. The number of carbonyl (C=O) groups is 1. The second kappa shape index (κ2) is 9.23. The molecule has 1 atom stereocenters. The third-order valence-corrected chi connectivity index (χ3v) is 6.59. The standard InChI is InChI=1S/C24H33N3O3/c1-18-15-21(19(2)27(18)16-20-7-6-14-30-20)23(28)17-25-10-12-26(13-11-25)22-8-4-5-9-24(22)29-3/h4-5,8-9,15,20H,6-7,10-14,16-17H2,1-3H3/p+1/t20-/m0/s1. The van der Waals surface area contributed by atoms with Crippen LogP contribution in [0.25, 0.3) is 0 Å². The van der Waals surface area contributed by atoms with Crippen molar-refractivity contribution in [1.82, 2.24) is 4.57 Å². The number of carbonyl (C=O) groups excluding carboxylic acids is 1. The molecule has 2 saturated heterocycles. The molecule has 0 amide bonds. The lowest BCUT2D eigenvalue weighted by molar-refractivity contribution is -0.892. The van der Waals surface area contributed by atoms with Crippen LogP contribution in [0, 0.1) is 13.8 Å². The fraction of sp³-hybridized carbons (Fsp3) is 0.542. The van der Waals surface area contributed by atoms with E-state index in [9.17, 15) is 4.79 Å². The van der Waals surface area contributed by atoms with E-state index in [1.54, 1.807) is 7.11 Å². The molecule has 0 unspecified atom stereocenters. The SMILES string of the molecule is COc1ccccc1N1CC[NH+](CC(=O)c2cc(C)n(C[C@@H]3CCCO3)c2C)CC1. The molecule has 1 aromatic heterocycles. The zero-order valence-corrected chi connectivity index (χ0v) is 18.4. The molecule has 2 aliphatic heterocycles. The maximum Gasteiger partial charge on any atom is 0.218 e. The number of rotatable bonds is 7. The number of aromatic nitrogens is 1. The highest BCUT2D eigenvalue weighted by Gasteiger charge is 2.26. The molecule has 1 aromatic carbocycles. The third-order valence-electron chi connectivity index (χ3n) is 6.59. The zero-order chi connectivity index (χ0) is 21.1. The number of nitrogens with one attached hydrogen (secondary N) is 1. The van der Waals surface area contributed by atoms with Gasteiger partial charge in [0.25, 0.3) is 0 Å². The zero-order valence-electron chi connectivity index (χ0n) is 18.4. The highest BCUT2D eigenvalue weighted by atomic mass is 16.5. The Kier molecular flexibility index (Phi) is 6.44. The first kappa shape index (κ1) is 20.9. The van der Waals surface area contributed by atoms with Crippen LogP contribution in [-0.2, 0) is 11.3 Å². The lowest BCUT2D eigenvalue weighted by Crippen LogP contribution is -3.15. The lowest BCUT2D eigenvalue weighted by atomic mass is 10.1. The van der Waals surface area contributed by atoms with Crippen molar-refractivity contribution in [3.8, 4) is 5.75 Å². The Morgan fingerprint density at radius 1 is 1.23 bits per heavy atom. The summed E-state index contributed by atoms with van der Waals surface area (Å²) >= 11 is 0. The Hall–Kier alpha value is -2.31. The molecule has 2 aromatic rings. The largest absolute Gasteiger partial charge is 0.495 e. The predicted octanol–water partition coefficient (Wildman–Crippen LogP) is 1.88. The van der Waals surface area contributed by atoms with Gasteiger partial charge in [0.05, 0.1) is 45.1 Å². The van der Waals surface area contributed by atoms with Gasteiger partial charge in [0.1, 0.15) is 12.3 Å². The summed E-state index contributed by atoms with van der Waals surface area (Å²) in [6.07, 6.45) is 2.53. The molecule has 2 fully saturated rings. The van der Waals surface area contributed by atoms with Gasteiger partial charge in [0, 0.05) is 30.1 Å². The van der Waals surface area contributed by atoms with E-state index in [-0.39, 0.29) is 11.9 Å². The Morgan fingerprint density at radius 3 is 2.70 bits per heavy atom. The molecule has 0 radical (unpaired) electrons. The van der Waals surface area contributed by atoms with E-state index in [0.29, 0.717) is 6.54 Å². The lowest BCUT2D eigenvalue weighted by Gasteiger charge is -2.34. The quantitative estimate of drug-likeness (QED) is 0.706. The number of benzene rings is 1. The molecule has 162 valence electrons. The number of hydrogen-bond donors (Lipinski definition) is 1. The first-order valence-electron chi connectivity index (χ1n) is 11.1. The normalized spacial score (nSPS) is 20.0. The van der Waals surface area contributed by atoms with Crippen molar-refractivity contribution in [2.75, 3.05) is 51.3 Å². The van der Waals surface area contributed by atoms with Crippen molar-refractivity contribution in [2.45, 2.75) is 39.3 Å². The summed E-state index contributed by atoms with van der Waals surface area (Å²) in [4.78, 5) is 16.8. The molecule has 30 heavy (non-hydrogen) atoms.